The first-order valence-corrected chi connectivity index (χ1v) is 8.78. The largest absolute Gasteiger partial charge is 0.325 e. The van der Waals surface area contributed by atoms with Crippen LogP contribution in [0.2, 0.25) is 5.02 Å². The van der Waals surface area contributed by atoms with Gasteiger partial charge >= 0.3 is 0 Å². The molecule has 0 bridgehead atoms. The third kappa shape index (κ3) is 3.32. The van der Waals surface area contributed by atoms with Crippen molar-refractivity contribution in [3.05, 3.63) is 63.6 Å². The molecule has 0 radical (unpaired) electrons. The first-order chi connectivity index (χ1) is 11.5. The normalized spacial score (nSPS) is 18.0. The number of carbonyl (C=O) groups is 2. The second-order valence-electron chi connectivity index (χ2n) is 5.65. The number of halogens is 2. The van der Waals surface area contributed by atoms with E-state index in [1.54, 1.807) is 41.0 Å². The van der Waals surface area contributed by atoms with Gasteiger partial charge in [0.1, 0.15) is 6.04 Å². The molecule has 1 unspecified atom stereocenters. The summed E-state index contributed by atoms with van der Waals surface area (Å²) in [5.41, 5.74) is 1.38. The molecule has 3 rings (SSSR count). The predicted octanol–water partition coefficient (Wildman–Crippen LogP) is 3.98. The molecule has 1 aliphatic heterocycles. The molecule has 0 N–H and O–H groups in total. The molecule has 0 aliphatic carbocycles. The molecular formula is C18H16BrClN2O2. The summed E-state index contributed by atoms with van der Waals surface area (Å²) in [5.74, 6) is -0.215. The SMILES string of the molecule is CC1C(=O)N(c2ccc(Cl)cc2)CCN1C(=O)c1ccc(Br)cc1. The van der Waals surface area contributed by atoms with Crippen molar-refractivity contribution in [3.63, 3.8) is 0 Å². The van der Waals surface area contributed by atoms with Crippen LogP contribution in [-0.2, 0) is 4.79 Å². The Hall–Kier alpha value is -1.85. The summed E-state index contributed by atoms with van der Waals surface area (Å²) in [6.07, 6.45) is 0. The molecule has 1 heterocycles. The lowest BCUT2D eigenvalue weighted by Gasteiger charge is -2.39. The molecule has 1 aliphatic rings. The molecule has 2 aromatic rings. The molecule has 2 amide bonds. The average Bonchev–Trinajstić information content (AvgIpc) is 2.58. The highest BCUT2D eigenvalue weighted by molar-refractivity contribution is 9.10. The fraction of sp³-hybridized carbons (Fsp3) is 0.222. The van der Waals surface area contributed by atoms with Gasteiger partial charge in [-0.15, -0.1) is 0 Å². The smallest absolute Gasteiger partial charge is 0.254 e. The Morgan fingerprint density at radius 2 is 1.71 bits per heavy atom. The highest BCUT2D eigenvalue weighted by Crippen LogP contribution is 2.23. The summed E-state index contributed by atoms with van der Waals surface area (Å²) >= 11 is 9.26. The minimum Gasteiger partial charge on any atom is -0.325 e. The molecule has 0 aromatic heterocycles. The highest BCUT2D eigenvalue weighted by Gasteiger charge is 2.35. The van der Waals surface area contributed by atoms with E-state index in [2.05, 4.69) is 15.9 Å². The lowest BCUT2D eigenvalue weighted by molar-refractivity contribution is -0.124. The van der Waals surface area contributed by atoms with E-state index in [4.69, 9.17) is 11.6 Å². The first-order valence-electron chi connectivity index (χ1n) is 7.61. The van der Waals surface area contributed by atoms with Gasteiger partial charge in [-0.3, -0.25) is 9.59 Å². The Bertz CT molecular complexity index is 762. The van der Waals surface area contributed by atoms with Gasteiger partial charge in [-0.25, -0.2) is 0 Å². The van der Waals surface area contributed by atoms with Gasteiger partial charge in [0.2, 0.25) is 5.91 Å². The molecule has 124 valence electrons. The van der Waals surface area contributed by atoms with Crippen molar-refractivity contribution in [1.29, 1.82) is 0 Å². The second kappa shape index (κ2) is 6.95. The van der Waals surface area contributed by atoms with E-state index in [-0.39, 0.29) is 11.8 Å². The molecule has 0 spiro atoms. The van der Waals surface area contributed by atoms with Crippen LogP contribution in [-0.4, -0.2) is 35.8 Å². The van der Waals surface area contributed by atoms with Crippen LogP contribution < -0.4 is 4.90 Å². The van der Waals surface area contributed by atoms with Gasteiger partial charge in [0.25, 0.3) is 5.91 Å². The maximum Gasteiger partial charge on any atom is 0.254 e. The van der Waals surface area contributed by atoms with Gasteiger partial charge in [0.05, 0.1) is 0 Å². The van der Waals surface area contributed by atoms with Crippen LogP contribution in [0.25, 0.3) is 0 Å². The van der Waals surface area contributed by atoms with Gasteiger partial charge in [-0.1, -0.05) is 27.5 Å². The summed E-state index contributed by atoms with van der Waals surface area (Å²) in [6.45, 7) is 2.72. The number of hydrogen-bond donors (Lipinski definition) is 0. The zero-order valence-electron chi connectivity index (χ0n) is 13.1. The zero-order valence-corrected chi connectivity index (χ0v) is 15.4. The number of anilines is 1. The van der Waals surface area contributed by atoms with Crippen molar-refractivity contribution in [1.82, 2.24) is 4.90 Å². The molecule has 0 saturated carbocycles. The lowest BCUT2D eigenvalue weighted by Crippen LogP contribution is -2.57. The van der Waals surface area contributed by atoms with Crippen LogP contribution >= 0.6 is 27.5 Å². The number of rotatable bonds is 2. The van der Waals surface area contributed by atoms with Crippen molar-refractivity contribution in [2.45, 2.75) is 13.0 Å². The van der Waals surface area contributed by atoms with E-state index < -0.39 is 6.04 Å². The van der Waals surface area contributed by atoms with Crippen LogP contribution in [0.15, 0.2) is 53.0 Å². The summed E-state index contributed by atoms with van der Waals surface area (Å²) in [4.78, 5) is 28.7. The molecule has 1 atom stereocenters. The predicted molar refractivity (Wildman–Crippen MR) is 98.4 cm³/mol. The van der Waals surface area contributed by atoms with Crippen molar-refractivity contribution in [2.75, 3.05) is 18.0 Å². The number of piperazine rings is 1. The van der Waals surface area contributed by atoms with E-state index >= 15 is 0 Å². The quantitative estimate of drug-likeness (QED) is 0.755. The van der Waals surface area contributed by atoms with Gasteiger partial charge in [0.15, 0.2) is 0 Å². The lowest BCUT2D eigenvalue weighted by atomic mass is 10.1. The molecule has 2 aromatic carbocycles. The van der Waals surface area contributed by atoms with Gasteiger partial charge in [-0.05, 0) is 55.5 Å². The molecule has 4 nitrogen and oxygen atoms in total. The Labute approximate surface area is 154 Å². The number of amides is 2. The maximum atomic E-state index is 12.7. The Morgan fingerprint density at radius 1 is 1.08 bits per heavy atom. The Kier molecular flexibility index (Phi) is 4.92. The maximum absolute atomic E-state index is 12.7. The fourth-order valence-corrected chi connectivity index (χ4v) is 3.17. The molecule has 6 heteroatoms. The monoisotopic (exact) mass is 406 g/mol. The fourth-order valence-electron chi connectivity index (χ4n) is 2.78. The average molecular weight is 408 g/mol. The third-order valence-corrected chi connectivity index (χ3v) is 4.93. The van der Waals surface area contributed by atoms with E-state index in [0.29, 0.717) is 23.7 Å². The summed E-state index contributed by atoms with van der Waals surface area (Å²) in [5, 5.41) is 0.628. The van der Waals surface area contributed by atoms with E-state index in [1.165, 1.54) is 0 Å². The number of carbonyl (C=O) groups excluding carboxylic acids is 2. The van der Waals surface area contributed by atoms with Crippen LogP contribution in [0, 0.1) is 0 Å². The van der Waals surface area contributed by atoms with Gasteiger partial charge in [-0.2, -0.15) is 0 Å². The first kappa shape index (κ1) is 17.0. The van der Waals surface area contributed by atoms with E-state index in [9.17, 15) is 9.59 Å². The number of hydrogen-bond acceptors (Lipinski definition) is 2. The standard InChI is InChI=1S/C18H16BrClN2O2/c1-12-17(23)22(16-8-6-15(20)7-9-16)11-10-21(12)18(24)13-2-4-14(19)5-3-13/h2-9,12H,10-11H2,1H3. The summed E-state index contributed by atoms with van der Waals surface area (Å²) in [6, 6.07) is 13.8. The molecule has 1 fully saturated rings. The summed E-state index contributed by atoms with van der Waals surface area (Å²) in [7, 11) is 0. The highest BCUT2D eigenvalue weighted by atomic mass is 79.9. The van der Waals surface area contributed by atoms with E-state index in [0.717, 1.165) is 10.2 Å². The molecule has 24 heavy (non-hydrogen) atoms. The van der Waals surface area contributed by atoms with Crippen LogP contribution in [0.4, 0.5) is 5.69 Å². The third-order valence-electron chi connectivity index (χ3n) is 4.15. The van der Waals surface area contributed by atoms with Crippen molar-refractivity contribution < 1.29 is 9.59 Å². The summed E-state index contributed by atoms with van der Waals surface area (Å²) < 4.78 is 0.913. The van der Waals surface area contributed by atoms with Crippen molar-refractivity contribution in [2.24, 2.45) is 0 Å². The van der Waals surface area contributed by atoms with Crippen molar-refractivity contribution >= 4 is 45.0 Å². The second-order valence-corrected chi connectivity index (χ2v) is 7.00. The van der Waals surface area contributed by atoms with E-state index in [1.807, 2.05) is 24.3 Å². The van der Waals surface area contributed by atoms with Crippen LogP contribution in [0.1, 0.15) is 17.3 Å². The Morgan fingerprint density at radius 3 is 2.33 bits per heavy atom. The van der Waals surface area contributed by atoms with Crippen LogP contribution in [0.3, 0.4) is 0 Å². The van der Waals surface area contributed by atoms with Crippen molar-refractivity contribution in [3.8, 4) is 0 Å². The number of nitrogens with zero attached hydrogens (tertiary/aromatic N) is 2. The molecule has 1 saturated heterocycles. The zero-order chi connectivity index (χ0) is 17.3. The van der Waals surface area contributed by atoms with Crippen LogP contribution in [0.5, 0.6) is 0 Å². The molecular weight excluding hydrogens is 392 g/mol. The van der Waals surface area contributed by atoms with Gasteiger partial charge in [0, 0.05) is 33.8 Å². The number of benzene rings is 2. The Balaban J connectivity index is 1.78. The minimum absolute atomic E-state index is 0.0889. The topological polar surface area (TPSA) is 40.6 Å². The van der Waals surface area contributed by atoms with Gasteiger partial charge < -0.3 is 9.80 Å². The minimum atomic E-state index is -0.509.